The molecule has 0 heterocycles. The topological polar surface area (TPSA) is 37.4 Å². The molecule has 0 unspecified atom stereocenters. The van der Waals surface area contributed by atoms with Gasteiger partial charge in [-0.05, 0) is 26.0 Å². The Kier molecular flexibility index (Phi) is 4.03. The Morgan fingerprint density at radius 2 is 1.47 bits per heavy atom. The van der Waals surface area contributed by atoms with E-state index in [0.29, 0.717) is 0 Å². The number of carbonyl (C=O) groups is 2. The molecule has 0 spiro atoms. The van der Waals surface area contributed by atoms with Crippen LogP contribution < -0.4 is 4.90 Å². The van der Waals surface area contributed by atoms with Crippen LogP contribution in [-0.4, -0.2) is 24.7 Å². The summed E-state index contributed by atoms with van der Waals surface area (Å²) in [6, 6.07) is 9.48. The third-order valence-corrected chi connectivity index (χ3v) is 1.95. The van der Waals surface area contributed by atoms with Gasteiger partial charge in [-0.15, -0.1) is 0 Å². The van der Waals surface area contributed by atoms with Gasteiger partial charge in [0, 0.05) is 5.69 Å². The van der Waals surface area contributed by atoms with Gasteiger partial charge in [-0.3, -0.25) is 9.59 Å². The Hall–Kier alpha value is -1.64. The molecule has 0 saturated heterocycles. The number of ketones is 2. The zero-order valence-electron chi connectivity index (χ0n) is 9.06. The van der Waals surface area contributed by atoms with Crippen LogP contribution >= 0.6 is 0 Å². The molecule has 0 N–H and O–H groups in total. The van der Waals surface area contributed by atoms with Crippen LogP contribution in [0.25, 0.3) is 0 Å². The molecule has 0 amide bonds. The van der Waals surface area contributed by atoms with Gasteiger partial charge in [0.1, 0.15) is 11.6 Å². The lowest BCUT2D eigenvalue weighted by Crippen LogP contribution is -2.32. The third-order valence-electron chi connectivity index (χ3n) is 1.95. The minimum Gasteiger partial charge on any atom is -0.357 e. The van der Waals surface area contributed by atoms with Gasteiger partial charge in [0.05, 0.1) is 13.1 Å². The summed E-state index contributed by atoms with van der Waals surface area (Å²) < 4.78 is 0. The molecule has 80 valence electrons. The van der Waals surface area contributed by atoms with Crippen LogP contribution in [0.4, 0.5) is 5.69 Å². The average Bonchev–Trinajstić information content (AvgIpc) is 2.17. The molecule has 0 aliphatic rings. The van der Waals surface area contributed by atoms with Crippen LogP contribution in [0.5, 0.6) is 0 Å². The smallest absolute Gasteiger partial charge is 0.149 e. The maximum Gasteiger partial charge on any atom is 0.149 e. The molecule has 0 aliphatic heterocycles. The molecule has 0 aromatic heterocycles. The molecule has 1 rings (SSSR count). The monoisotopic (exact) mass is 205 g/mol. The first kappa shape index (κ1) is 11.4. The number of hydrogen-bond acceptors (Lipinski definition) is 3. The van der Waals surface area contributed by atoms with Gasteiger partial charge >= 0.3 is 0 Å². The molecule has 0 radical (unpaired) electrons. The van der Waals surface area contributed by atoms with Gasteiger partial charge in [-0.1, -0.05) is 18.2 Å². The Morgan fingerprint density at radius 1 is 1.00 bits per heavy atom. The van der Waals surface area contributed by atoms with Gasteiger partial charge in [-0.25, -0.2) is 0 Å². The standard InChI is InChI=1S/C12H15NO2/c1-10(14)8-13(9-11(2)15)12-6-4-3-5-7-12/h3-7H,8-9H2,1-2H3. The van der Waals surface area contributed by atoms with Gasteiger partial charge in [0.2, 0.25) is 0 Å². The maximum atomic E-state index is 11.1. The highest BCUT2D eigenvalue weighted by Gasteiger charge is 2.10. The average molecular weight is 205 g/mol. The minimum absolute atomic E-state index is 0.0557. The summed E-state index contributed by atoms with van der Waals surface area (Å²) in [6.45, 7) is 3.61. The van der Waals surface area contributed by atoms with E-state index in [2.05, 4.69) is 0 Å². The van der Waals surface area contributed by atoms with Crippen molar-refractivity contribution in [1.82, 2.24) is 0 Å². The van der Waals surface area contributed by atoms with Crippen molar-refractivity contribution in [2.24, 2.45) is 0 Å². The number of carbonyl (C=O) groups excluding carboxylic acids is 2. The van der Waals surface area contributed by atoms with E-state index in [1.165, 1.54) is 13.8 Å². The van der Waals surface area contributed by atoms with Crippen LogP contribution in [-0.2, 0) is 9.59 Å². The Morgan fingerprint density at radius 3 is 1.87 bits per heavy atom. The fraction of sp³-hybridized carbons (Fsp3) is 0.333. The van der Waals surface area contributed by atoms with E-state index in [0.717, 1.165) is 5.69 Å². The fourth-order valence-corrected chi connectivity index (χ4v) is 1.41. The number of para-hydroxylation sites is 1. The Labute approximate surface area is 89.7 Å². The minimum atomic E-state index is 0.0557. The van der Waals surface area contributed by atoms with Gasteiger partial charge < -0.3 is 4.90 Å². The highest BCUT2D eigenvalue weighted by atomic mass is 16.1. The predicted molar refractivity (Wildman–Crippen MR) is 60.0 cm³/mol. The van der Waals surface area contributed by atoms with E-state index in [1.807, 2.05) is 30.3 Å². The van der Waals surface area contributed by atoms with Crippen molar-refractivity contribution in [2.45, 2.75) is 13.8 Å². The van der Waals surface area contributed by atoms with Crippen LogP contribution in [0.2, 0.25) is 0 Å². The summed E-state index contributed by atoms with van der Waals surface area (Å²) in [7, 11) is 0. The zero-order valence-corrected chi connectivity index (χ0v) is 9.06. The molecular formula is C12H15NO2. The highest BCUT2D eigenvalue weighted by Crippen LogP contribution is 2.12. The molecule has 0 bridgehead atoms. The van der Waals surface area contributed by atoms with Crippen molar-refractivity contribution in [3.8, 4) is 0 Å². The van der Waals surface area contributed by atoms with E-state index in [4.69, 9.17) is 0 Å². The zero-order chi connectivity index (χ0) is 11.3. The van der Waals surface area contributed by atoms with E-state index in [9.17, 15) is 9.59 Å². The molecule has 0 aliphatic carbocycles. The second kappa shape index (κ2) is 5.29. The number of hydrogen-bond donors (Lipinski definition) is 0. The van der Waals surface area contributed by atoms with Gasteiger partial charge in [0.15, 0.2) is 0 Å². The number of anilines is 1. The molecule has 15 heavy (non-hydrogen) atoms. The van der Waals surface area contributed by atoms with E-state index in [1.54, 1.807) is 4.90 Å². The normalized spacial score (nSPS) is 9.73. The van der Waals surface area contributed by atoms with Crippen molar-refractivity contribution in [1.29, 1.82) is 0 Å². The van der Waals surface area contributed by atoms with Crippen LogP contribution in [0, 0.1) is 0 Å². The van der Waals surface area contributed by atoms with Crippen LogP contribution in [0.3, 0.4) is 0 Å². The molecule has 3 nitrogen and oxygen atoms in total. The molecule has 0 fully saturated rings. The number of benzene rings is 1. The maximum absolute atomic E-state index is 11.1. The lowest BCUT2D eigenvalue weighted by Gasteiger charge is -2.21. The molecule has 1 aromatic carbocycles. The largest absolute Gasteiger partial charge is 0.357 e. The van der Waals surface area contributed by atoms with Crippen molar-refractivity contribution >= 4 is 17.3 Å². The van der Waals surface area contributed by atoms with Gasteiger partial charge in [-0.2, -0.15) is 0 Å². The number of Topliss-reactive ketones (excluding diaryl/α,β-unsaturated/α-hetero) is 2. The first-order valence-electron chi connectivity index (χ1n) is 4.88. The highest BCUT2D eigenvalue weighted by molar-refractivity contribution is 5.86. The second-order valence-corrected chi connectivity index (χ2v) is 3.60. The SMILES string of the molecule is CC(=O)CN(CC(C)=O)c1ccccc1. The van der Waals surface area contributed by atoms with Crippen molar-refractivity contribution in [2.75, 3.05) is 18.0 Å². The first-order chi connectivity index (χ1) is 7.09. The van der Waals surface area contributed by atoms with Crippen LogP contribution in [0.15, 0.2) is 30.3 Å². The third kappa shape index (κ3) is 3.94. The van der Waals surface area contributed by atoms with Crippen molar-refractivity contribution < 1.29 is 9.59 Å². The molecule has 0 saturated carbocycles. The second-order valence-electron chi connectivity index (χ2n) is 3.60. The summed E-state index contributed by atoms with van der Waals surface area (Å²) in [5.74, 6) is 0.111. The Balaban J connectivity index is 2.81. The summed E-state index contributed by atoms with van der Waals surface area (Å²) in [4.78, 5) is 23.9. The molecule has 3 heteroatoms. The van der Waals surface area contributed by atoms with Crippen molar-refractivity contribution in [3.63, 3.8) is 0 Å². The predicted octanol–water partition coefficient (Wildman–Crippen LogP) is 1.67. The molecular weight excluding hydrogens is 190 g/mol. The summed E-state index contributed by atoms with van der Waals surface area (Å²) >= 11 is 0. The lowest BCUT2D eigenvalue weighted by molar-refractivity contribution is -0.116. The number of rotatable bonds is 5. The molecule has 1 aromatic rings. The number of nitrogens with zero attached hydrogens (tertiary/aromatic N) is 1. The summed E-state index contributed by atoms with van der Waals surface area (Å²) in [6.07, 6.45) is 0. The quantitative estimate of drug-likeness (QED) is 0.733. The fourth-order valence-electron chi connectivity index (χ4n) is 1.41. The van der Waals surface area contributed by atoms with Gasteiger partial charge in [0.25, 0.3) is 0 Å². The van der Waals surface area contributed by atoms with E-state index < -0.39 is 0 Å². The summed E-state index contributed by atoms with van der Waals surface area (Å²) in [5.41, 5.74) is 0.905. The Bertz CT molecular complexity index is 330. The van der Waals surface area contributed by atoms with Crippen LogP contribution in [0.1, 0.15) is 13.8 Å². The van der Waals surface area contributed by atoms with Crippen molar-refractivity contribution in [3.05, 3.63) is 30.3 Å². The van der Waals surface area contributed by atoms with E-state index >= 15 is 0 Å². The van der Waals surface area contributed by atoms with E-state index in [-0.39, 0.29) is 24.7 Å². The lowest BCUT2D eigenvalue weighted by atomic mass is 10.2. The molecule has 0 atom stereocenters. The summed E-state index contributed by atoms with van der Waals surface area (Å²) in [5, 5.41) is 0. The first-order valence-corrected chi connectivity index (χ1v) is 4.88.